The summed E-state index contributed by atoms with van der Waals surface area (Å²) in [4.78, 5) is 10.6. The van der Waals surface area contributed by atoms with E-state index in [-0.39, 0.29) is 13.5 Å². The van der Waals surface area contributed by atoms with Crippen molar-refractivity contribution in [2.45, 2.75) is 18.9 Å². The van der Waals surface area contributed by atoms with E-state index in [4.69, 9.17) is 9.84 Å². The molecule has 1 aliphatic heterocycles. The van der Waals surface area contributed by atoms with Crippen LogP contribution in [0.1, 0.15) is 12.0 Å². The molecule has 0 amide bonds. The van der Waals surface area contributed by atoms with Crippen molar-refractivity contribution in [2.75, 3.05) is 0 Å². The van der Waals surface area contributed by atoms with Crippen molar-refractivity contribution >= 4 is 19.5 Å². The van der Waals surface area contributed by atoms with Crippen molar-refractivity contribution in [1.29, 1.82) is 0 Å². The number of carboxylic acid groups (broad SMARTS) is 1. The normalized spacial score (nSPS) is 18.7. The monoisotopic (exact) mass is 212 g/mol. The minimum Gasteiger partial charge on any atom is -0.479 e. The molecule has 1 unspecified atom stereocenters. The Labute approximate surface area is 89.1 Å². The molecule has 1 aromatic carbocycles. The second-order valence-electron chi connectivity index (χ2n) is 3.09. The highest BCUT2D eigenvalue weighted by atomic mass is 32.1. The van der Waals surface area contributed by atoms with Crippen LogP contribution in [0.4, 0.5) is 0 Å². The Morgan fingerprint density at radius 1 is 1.43 bits per heavy atom. The minimum atomic E-state index is -0.880. The lowest BCUT2D eigenvalue weighted by Crippen LogP contribution is -2.30. The summed E-state index contributed by atoms with van der Waals surface area (Å²) in [6.07, 6.45) is 0.675. The van der Waals surface area contributed by atoms with E-state index in [0.29, 0.717) is 12.2 Å². The van der Waals surface area contributed by atoms with Gasteiger partial charge in [0, 0.05) is 0 Å². The fraction of sp³-hybridized carbons (Fsp3) is 0.300. The molecule has 0 radical (unpaired) electrons. The average Bonchev–Trinajstić information content (AvgIpc) is 2.17. The number of ether oxygens (including phenoxy) is 1. The summed E-state index contributed by atoms with van der Waals surface area (Å²) in [5.74, 6) is -0.171. The van der Waals surface area contributed by atoms with E-state index in [2.05, 4.69) is 0 Å². The second-order valence-corrected chi connectivity index (χ2v) is 3.09. The van der Waals surface area contributed by atoms with Gasteiger partial charge in [-0.1, -0.05) is 18.2 Å². The van der Waals surface area contributed by atoms with Gasteiger partial charge in [0.15, 0.2) is 6.10 Å². The fourth-order valence-corrected chi connectivity index (χ4v) is 1.50. The number of aliphatic carboxylic acids is 1. The molecule has 4 heteroatoms. The van der Waals surface area contributed by atoms with Gasteiger partial charge in [-0.05, 0) is 24.5 Å². The first kappa shape index (κ1) is 10.9. The molecule has 0 saturated carbocycles. The van der Waals surface area contributed by atoms with Gasteiger partial charge in [0.1, 0.15) is 5.75 Å². The number of aryl methyl sites for hydroxylation is 1. The number of para-hydroxylation sites is 1. The summed E-state index contributed by atoms with van der Waals surface area (Å²) in [6.45, 7) is 0. The van der Waals surface area contributed by atoms with Crippen LogP contribution < -0.4 is 4.74 Å². The van der Waals surface area contributed by atoms with Gasteiger partial charge in [0.25, 0.3) is 0 Å². The molecule has 0 aliphatic carbocycles. The number of carbonyl (C=O) groups is 1. The van der Waals surface area contributed by atoms with Crippen LogP contribution in [0.25, 0.3) is 0 Å². The molecule has 0 fully saturated rings. The third kappa shape index (κ3) is 2.01. The van der Waals surface area contributed by atoms with Gasteiger partial charge in [-0.25, -0.2) is 4.79 Å². The van der Waals surface area contributed by atoms with Gasteiger partial charge in [-0.15, -0.1) is 0 Å². The molecule has 1 heterocycles. The fourth-order valence-electron chi connectivity index (χ4n) is 1.50. The summed E-state index contributed by atoms with van der Waals surface area (Å²) < 4.78 is 5.29. The predicted octanol–water partition coefficient (Wildman–Crippen LogP) is 1.58. The average molecular weight is 212 g/mol. The summed E-state index contributed by atoms with van der Waals surface area (Å²) in [6, 6.07) is 7.56. The lowest BCUT2D eigenvalue weighted by atomic mass is 10.0. The van der Waals surface area contributed by atoms with Crippen LogP contribution in [0, 0.1) is 0 Å². The Hall–Kier alpha value is -1.16. The maximum Gasteiger partial charge on any atom is 0.344 e. The van der Waals surface area contributed by atoms with E-state index >= 15 is 0 Å². The van der Waals surface area contributed by atoms with Crippen molar-refractivity contribution in [2.24, 2.45) is 0 Å². The van der Waals surface area contributed by atoms with E-state index in [9.17, 15) is 4.79 Å². The molecule has 0 spiro atoms. The molecular formula is C10H12O3S. The van der Waals surface area contributed by atoms with Crippen LogP contribution in [0.15, 0.2) is 24.3 Å². The molecule has 0 bridgehead atoms. The zero-order valence-electron chi connectivity index (χ0n) is 7.56. The lowest BCUT2D eigenvalue weighted by Gasteiger charge is -2.22. The Bertz CT molecular complexity index is 338. The smallest absolute Gasteiger partial charge is 0.344 e. The first-order valence-electron chi connectivity index (χ1n) is 4.25. The van der Waals surface area contributed by atoms with E-state index in [1.54, 1.807) is 0 Å². The molecule has 0 saturated heterocycles. The van der Waals surface area contributed by atoms with E-state index in [0.717, 1.165) is 12.0 Å². The summed E-state index contributed by atoms with van der Waals surface area (Å²) in [5.41, 5.74) is 1.10. The molecule has 2 rings (SSSR count). The first-order chi connectivity index (χ1) is 6.27. The SMILES string of the molecule is O=C(O)C1CCc2ccccc2O1.S. The molecule has 14 heavy (non-hydrogen) atoms. The second kappa shape index (κ2) is 4.37. The number of carboxylic acids is 1. The maximum atomic E-state index is 10.6. The highest BCUT2D eigenvalue weighted by Crippen LogP contribution is 2.26. The molecule has 0 aromatic heterocycles. The standard InChI is InChI=1S/C10H10O3.H2S/c11-10(12)9-6-5-7-3-1-2-4-8(7)13-9;/h1-4,9H,5-6H2,(H,11,12);1H2. The van der Waals surface area contributed by atoms with Crippen LogP contribution in [-0.2, 0) is 11.2 Å². The maximum absolute atomic E-state index is 10.6. The van der Waals surface area contributed by atoms with Gasteiger partial charge in [0.2, 0.25) is 0 Å². The van der Waals surface area contributed by atoms with Gasteiger partial charge < -0.3 is 9.84 Å². The quantitative estimate of drug-likeness (QED) is 0.768. The third-order valence-corrected chi connectivity index (χ3v) is 2.19. The van der Waals surface area contributed by atoms with Gasteiger partial charge in [-0.3, -0.25) is 0 Å². The Morgan fingerprint density at radius 2 is 2.14 bits per heavy atom. The molecule has 1 atom stereocenters. The molecule has 76 valence electrons. The number of hydrogen-bond acceptors (Lipinski definition) is 2. The van der Waals surface area contributed by atoms with Crippen molar-refractivity contribution < 1.29 is 14.6 Å². The number of hydrogen-bond donors (Lipinski definition) is 1. The van der Waals surface area contributed by atoms with Crippen molar-refractivity contribution in [1.82, 2.24) is 0 Å². The minimum absolute atomic E-state index is 0. The molecule has 1 aliphatic rings. The largest absolute Gasteiger partial charge is 0.479 e. The van der Waals surface area contributed by atoms with Gasteiger partial charge in [-0.2, -0.15) is 13.5 Å². The van der Waals surface area contributed by atoms with Crippen LogP contribution in [0.5, 0.6) is 5.75 Å². The number of fused-ring (bicyclic) bond motifs is 1. The predicted molar refractivity (Wildman–Crippen MR) is 57.2 cm³/mol. The van der Waals surface area contributed by atoms with Crippen LogP contribution in [-0.4, -0.2) is 17.2 Å². The molecular weight excluding hydrogens is 200 g/mol. The summed E-state index contributed by atoms with van der Waals surface area (Å²) in [5, 5.41) is 8.74. The van der Waals surface area contributed by atoms with Crippen LogP contribution in [0.3, 0.4) is 0 Å². The molecule has 3 nitrogen and oxygen atoms in total. The molecule has 1 aromatic rings. The van der Waals surface area contributed by atoms with Gasteiger partial charge in [0.05, 0.1) is 0 Å². The van der Waals surface area contributed by atoms with Crippen LogP contribution in [0.2, 0.25) is 0 Å². The van der Waals surface area contributed by atoms with E-state index in [1.165, 1.54) is 0 Å². The van der Waals surface area contributed by atoms with Gasteiger partial charge >= 0.3 is 5.97 Å². The Kier molecular flexibility index (Phi) is 3.41. The van der Waals surface area contributed by atoms with Crippen molar-refractivity contribution in [3.8, 4) is 5.75 Å². The zero-order valence-corrected chi connectivity index (χ0v) is 8.56. The lowest BCUT2D eigenvalue weighted by molar-refractivity contribution is -0.145. The third-order valence-electron chi connectivity index (χ3n) is 2.19. The van der Waals surface area contributed by atoms with E-state index in [1.807, 2.05) is 24.3 Å². The van der Waals surface area contributed by atoms with E-state index < -0.39 is 12.1 Å². The van der Waals surface area contributed by atoms with Crippen molar-refractivity contribution in [3.63, 3.8) is 0 Å². The van der Waals surface area contributed by atoms with Crippen LogP contribution >= 0.6 is 13.5 Å². The topological polar surface area (TPSA) is 46.5 Å². The van der Waals surface area contributed by atoms with Crippen molar-refractivity contribution in [3.05, 3.63) is 29.8 Å². The Balaban J connectivity index is 0.000000980. The first-order valence-corrected chi connectivity index (χ1v) is 4.25. The number of benzene rings is 1. The zero-order chi connectivity index (χ0) is 9.26. The summed E-state index contributed by atoms with van der Waals surface area (Å²) in [7, 11) is 0. The summed E-state index contributed by atoms with van der Waals surface area (Å²) >= 11 is 0. The molecule has 1 N–H and O–H groups in total. The highest BCUT2D eigenvalue weighted by molar-refractivity contribution is 7.59. The highest BCUT2D eigenvalue weighted by Gasteiger charge is 2.24. The Morgan fingerprint density at radius 3 is 2.86 bits per heavy atom. The number of rotatable bonds is 1.